The van der Waals surface area contributed by atoms with Crippen LogP contribution in [0.3, 0.4) is 0 Å². The minimum Gasteiger partial charge on any atom is -0.361 e. The number of aromatic nitrogens is 3. The number of hydrogen-bond donors (Lipinski definition) is 3. The quantitative estimate of drug-likeness (QED) is 0.411. The van der Waals surface area contributed by atoms with E-state index >= 15 is 0 Å². The van der Waals surface area contributed by atoms with Crippen LogP contribution in [0.25, 0.3) is 17.0 Å². The summed E-state index contributed by atoms with van der Waals surface area (Å²) in [6.45, 7) is 0.734. The first kappa shape index (κ1) is 17.9. The third kappa shape index (κ3) is 4.44. The minimum absolute atomic E-state index is 0.231. The molecule has 28 heavy (non-hydrogen) atoms. The van der Waals surface area contributed by atoms with Crippen molar-refractivity contribution in [2.24, 2.45) is 0 Å². The lowest BCUT2D eigenvalue weighted by Gasteiger charge is -2.01. The summed E-state index contributed by atoms with van der Waals surface area (Å²) in [7, 11) is 0. The van der Waals surface area contributed by atoms with E-state index in [-0.39, 0.29) is 5.91 Å². The van der Waals surface area contributed by atoms with Crippen molar-refractivity contribution in [2.75, 3.05) is 17.2 Å². The summed E-state index contributed by atoms with van der Waals surface area (Å²) in [6.07, 6.45) is 6.15. The van der Waals surface area contributed by atoms with Crippen LogP contribution < -0.4 is 10.6 Å². The Kier molecular flexibility index (Phi) is 5.44. The summed E-state index contributed by atoms with van der Waals surface area (Å²) in [5.74, 6) is -0.231. The zero-order chi connectivity index (χ0) is 19.2. The highest BCUT2D eigenvalue weighted by molar-refractivity contribution is 7.19. The van der Waals surface area contributed by atoms with E-state index in [1.807, 2.05) is 48.7 Å². The molecule has 140 valence electrons. The molecule has 0 atom stereocenters. The number of anilines is 2. The molecule has 0 saturated carbocycles. The second-order valence-corrected chi connectivity index (χ2v) is 7.16. The molecule has 0 spiro atoms. The van der Waals surface area contributed by atoms with Crippen LogP contribution >= 0.6 is 11.3 Å². The van der Waals surface area contributed by atoms with Crippen molar-refractivity contribution in [1.82, 2.24) is 15.2 Å². The Labute approximate surface area is 166 Å². The normalized spacial score (nSPS) is 11.1. The molecule has 0 radical (unpaired) electrons. The number of fused-ring (bicyclic) bond motifs is 1. The molecule has 7 heteroatoms. The van der Waals surface area contributed by atoms with Crippen molar-refractivity contribution < 1.29 is 4.79 Å². The summed E-state index contributed by atoms with van der Waals surface area (Å²) < 4.78 is 0. The van der Waals surface area contributed by atoms with Gasteiger partial charge in [-0.25, -0.2) is 0 Å². The molecular formula is C21H19N5OS. The molecule has 4 rings (SSSR count). The number of aromatic amines is 1. The number of carbonyl (C=O) groups excluding carboxylic acids is 1. The van der Waals surface area contributed by atoms with E-state index in [9.17, 15) is 4.79 Å². The lowest BCUT2D eigenvalue weighted by molar-refractivity contribution is -0.111. The van der Waals surface area contributed by atoms with Gasteiger partial charge >= 0.3 is 0 Å². The van der Waals surface area contributed by atoms with Gasteiger partial charge in [-0.3, -0.25) is 10.1 Å². The van der Waals surface area contributed by atoms with E-state index in [0.717, 1.165) is 24.0 Å². The zero-order valence-electron chi connectivity index (χ0n) is 15.1. The number of benzene rings is 2. The third-order valence-corrected chi connectivity index (χ3v) is 5.02. The molecular weight excluding hydrogens is 370 g/mol. The molecule has 6 nitrogen and oxygen atoms in total. The molecule has 4 aromatic rings. The molecule has 0 saturated heterocycles. The van der Waals surface area contributed by atoms with Gasteiger partial charge in [0, 0.05) is 29.7 Å². The fourth-order valence-electron chi connectivity index (χ4n) is 2.87. The first-order valence-corrected chi connectivity index (χ1v) is 9.76. The highest BCUT2D eigenvalue weighted by Crippen LogP contribution is 2.21. The molecule has 3 N–H and O–H groups in total. The van der Waals surface area contributed by atoms with Crippen LogP contribution in [0.2, 0.25) is 0 Å². The van der Waals surface area contributed by atoms with Crippen LogP contribution in [0.15, 0.2) is 66.9 Å². The Morgan fingerprint density at radius 1 is 1.04 bits per heavy atom. The minimum atomic E-state index is -0.231. The van der Waals surface area contributed by atoms with Crippen molar-refractivity contribution in [1.29, 1.82) is 0 Å². The summed E-state index contributed by atoms with van der Waals surface area (Å²) in [6, 6.07) is 17.9. The number of hydrogen-bond acceptors (Lipinski definition) is 5. The van der Waals surface area contributed by atoms with Gasteiger partial charge in [0.1, 0.15) is 0 Å². The molecule has 1 amide bonds. The van der Waals surface area contributed by atoms with Crippen molar-refractivity contribution in [3.63, 3.8) is 0 Å². The summed E-state index contributed by atoms with van der Waals surface area (Å²) in [5.41, 5.74) is 3.36. The van der Waals surface area contributed by atoms with E-state index < -0.39 is 0 Å². The largest absolute Gasteiger partial charge is 0.361 e. The fourth-order valence-corrected chi connectivity index (χ4v) is 3.54. The zero-order valence-corrected chi connectivity index (χ0v) is 15.9. The van der Waals surface area contributed by atoms with Gasteiger partial charge in [-0.15, -0.1) is 10.2 Å². The van der Waals surface area contributed by atoms with Crippen LogP contribution in [0.5, 0.6) is 0 Å². The van der Waals surface area contributed by atoms with Crippen LogP contribution in [0.1, 0.15) is 11.1 Å². The first-order valence-electron chi connectivity index (χ1n) is 8.94. The molecule has 2 heterocycles. The average molecular weight is 389 g/mol. The summed E-state index contributed by atoms with van der Waals surface area (Å²) in [4.78, 5) is 15.3. The fraction of sp³-hybridized carbons (Fsp3) is 0.0952. The van der Waals surface area contributed by atoms with Crippen molar-refractivity contribution in [3.05, 3.63) is 78.0 Å². The summed E-state index contributed by atoms with van der Waals surface area (Å²) >= 11 is 1.32. The van der Waals surface area contributed by atoms with Crippen molar-refractivity contribution in [2.45, 2.75) is 6.42 Å². The number of carbonyl (C=O) groups is 1. The predicted molar refractivity (Wildman–Crippen MR) is 115 cm³/mol. The Balaban J connectivity index is 1.28. The SMILES string of the molecule is O=C(/C=C/c1ccccc1)Nc1nnc(NCCc2c[nH]c3ccccc23)s1. The lowest BCUT2D eigenvalue weighted by Crippen LogP contribution is -2.07. The van der Waals surface area contributed by atoms with Crippen molar-refractivity contribution >= 4 is 44.5 Å². The van der Waals surface area contributed by atoms with E-state index in [1.165, 1.54) is 28.4 Å². The van der Waals surface area contributed by atoms with Gasteiger partial charge in [-0.05, 0) is 29.7 Å². The van der Waals surface area contributed by atoms with Gasteiger partial charge in [-0.2, -0.15) is 0 Å². The third-order valence-electron chi connectivity index (χ3n) is 4.23. The maximum absolute atomic E-state index is 12.0. The van der Waals surface area contributed by atoms with E-state index in [0.29, 0.717) is 10.3 Å². The molecule has 2 aromatic heterocycles. The van der Waals surface area contributed by atoms with Crippen LogP contribution in [0.4, 0.5) is 10.3 Å². The Morgan fingerprint density at radius 2 is 1.82 bits per heavy atom. The highest BCUT2D eigenvalue weighted by Gasteiger charge is 2.07. The Morgan fingerprint density at radius 3 is 2.71 bits per heavy atom. The number of rotatable bonds is 7. The highest BCUT2D eigenvalue weighted by atomic mass is 32.1. The standard InChI is InChI=1S/C21H19N5OS/c27-19(11-10-15-6-2-1-3-7-15)24-21-26-25-20(28-21)22-13-12-16-14-23-18-9-5-4-8-17(16)18/h1-11,14,23H,12-13H2,(H,22,25)(H,24,26,27)/b11-10+. The second-order valence-electron chi connectivity index (χ2n) is 6.18. The molecule has 2 aromatic carbocycles. The van der Waals surface area contributed by atoms with Crippen LogP contribution in [-0.2, 0) is 11.2 Å². The lowest BCUT2D eigenvalue weighted by atomic mass is 10.1. The number of H-pyrrole nitrogens is 1. The molecule has 0 aliphatic heterocycles. The van der Waals surface area contributed by atoms with Crippen LogP contribution in [0, 0.1) is 0 Å². The van der Waals surface area contributed by atoms with E-state index in [4.69, 9.17) is 0 Å². The number of nitrogens with one attached hydrogen (secondary N) is 3. The molecule has 0 unspecified atom stereocenters. The van der Waals surface area contributed by atoms with Gasteiger partial charge < -0.3 is 10.3 Å². The predicted octanol–water partition coefficient (Wildman–Crippen LogP) is 4.33. The van der Waals surface area contributed by atoms with Gasteiger partial charge in [0.05, 0.1) is 0 Å². The van der Waals surface area contributed by atoms with E-state index in [1.54, 1.807) is 6.08 Å². The maximum Gasteiger partial charge on any atom is 0.250 e. The monoisotopic (exact) mass is 389 g/mol. The first-order chi connectivity index (χ1) is 13.8. The van der Waals surface area contributed by atoms with Gasteiger partial charge in [0.25, 0.3) is 0 Å². The number of nitrogens with zero attached hydrogens (tertiary/aromatic N) is 2. The van der Waals surface area contributed by atoms with E-state index in [2.05, 4.69) is 37.9 Å². The molecule has 0 bridgehead atoms. The van der Waals surface area contributed by atoms with Crippen LogP contribution in [-0.4, -0.2) is 27.6 Å². The van der Waals surface area contributed by atoms with Gasteiger partial charge in [-0.1, -0.05) is 59.9 Å². The second kappa shape index (κ2) is 8.49. The smallest absolute Gasteiger partial charge is 0.250 e. The Bertz CT molecular complexity index is 1100. The average Bonchev–Trinajstić information content (AvgIpc) is 3.34. The number of amides is 1. The molecule has 0 fully saturated rings. The van der Waals surface area contributed by atoms with Gasteiger partial charge in [0.15, 0.2) is 0 Å². The van der Waals surface area contributed by atoms with Gasteiger partial charge in [0.2, 0.25) is 16.2 Å². The summed E-state index contributed by atoms with van der Waals surface area (Å²) in [5, 5.41) is 16.5. The number of para-hydroxylation sites is 1. The van der Waals surface area contributed by atoms with Crippen molar-refractivity contribution in [3.8, 4) is 0 Å². The molecule has 0 aliphatic carbocycles. The Hall–Kier alpha value is -3.45. The maximum atomic E-state index is 12.0. The topological polar surface area (TPSA) is 82.7 Å². The molecule has 0 aliphatic rings.